The van der Waals surface area contributed by atoms with Crippen LogP contribution in [0.3, 0.4) is 0 Å². The molecule has 6 heteroatoms. The number of rotatable bonds is 3. The van der Waals surface area contributed by atoms with E-state index in [9.17, 15) is 9.36 Å². The number of hydrogen-bond donors (Lipinski definition) is 2. The van der Waals surface area contributed by atoms with Crippen molar-refractivity contribution in [2.75, 3.05) is 0 Å². The fraction of sp³-hybridized carbons (Fsp3) is 0.222. The highest BCUT2D eigenvalue weighted by Crippen LogP contribution is 2.42. The van der Waals surface area contributed by atoms with Crippen molar-refractivity contribution >= 4 is 25.0 Å². The van der Waals surface area contributed by atoms with E-state index in [1.807, 2.05) is 0 Å². The highest BCUT2D eigenvalue weighted by molar-refractivity contribution is 7.53. The molecule has 0 aliphatic rings. The van der Waals surface area contributed by atoms with Gasteiger partial charge in [-0.05, 0) is 19.1 Å². The van der Waals surface area contributed by atoms with Gasteiger partial charge in [0.05, 0.1) is 0 Å². The van der Waals surface area contributed by atoms with Crippen LogP contribution in [0.2, 0.25) is 5.02 Å². The third kappa shape index (κ3) is 3.14. The fourth-order valence-corrected chi connectivity index (χ4v) is 1.68. The molecule has 0 spiro atoms. The molecule has 0 radical (unpaired) electrons. The third-order valence-corrected chi connectivity index (χ3v) is 3.47. The lowest BCUT2D eigenvalue weighted by Crippen LogP contribution is -2.17. The first-order valence-electron chi connectivity index (χ1n) is 4.17. The van der Waals surface area contributed by atoms with E-state index in [1.54, 1.807) is 12.1 Å². The summed E-state index contributed by atoms with van der Waals surface area (Å²) >= 11 is 5.66. The van der Waals surface area contributed by atoms with Gasteiger partial charge in [-0.1, -0.05) is 23.7 Å². The van der Waals surface area contributed by atoms with Crippen LogP contribution in [-0.2, 0) is 4.57 Å². The second kappa shape index (κ2) is 4.45. The van der Waals surface area contributed by atoms with Gasteiger partial charge in [-0.25, -0.2) is 0 Å². The maximum absolute atomic E-state index is 11.6. The Morgan fingerprint density at radius 1 is 1.47 bits per heavy atom. The zero-order valence-electron chi connectivity index (χ0n) is 7.92. The molecule has 0 fully saturated rings. The van der Waals surface area contributed by atoms with Crippen LogP contribution in [0.15, 0.2) is 24.3 Å². The molecular weight excluding hydrogens is 239 g/mol. The maximum Gasteiger partial charge on any atom is 0.336 e. The van der Waals surface area contributed by atoms with Crippen molar-refractivity contribution in [2.45, 2.75) is 12.6 Å². The molecule has 82 valence electrons. The molecule has 0 saturated carbocycles. The van der Waals surface area contributed by atoms with Crippen molar-refractivity contribution in [1.29, 1.82) is 0 Å². The van der Waals surface area contributed by atoms with E-state index in [-0.39, 0.29) is 5.56 Å². The third-order valence-electron chi connectivity index (χ3n) is 1.99. The van der Waals surface area contributed by atoms with Crippen LogP contribution >= 0.6 is 19.2 Å². The lowest BCUT2D eigenvalue weighted by Gasteiger charge is -2.11. The number of benzene rings is 1. The average molecular weight is 249 g/mol. The zero-order valence-corrected chi connectivity index (χ0v) is 9.57. The minimum Gasteiger partial charge on any atom is -0.324 e. The fourth-order valence-electron chi connectivity index (χ4n) is 1.04. The van der Waals surface area contributed by atoms with Gasteiger partial charge in [0.25, 0.3) is 0 Å². The molecule has 0 bridgehead atoms. The molecule has 0 aliphatic heterocycles. The van der Waals surface area contributed by atoms with E-state index in [1.165, 1.54) is 19.1 Å². The molecule has 1 atom stereocenters. The summed E-state index contributed by atoms with van der Waals surface area (Å²) in [6, 6.07) is 6.00. The van der Waals surface area contributed by atoms with Crippen LogP contribution in [-0.4, -0.2) is 21.2 Å². The zero-order chi connectivity index (χ0) is 11.6. The summed E-state index contributed by atoms with van der Waals surface area (Å²) in [4.78, 5) is 29.3. The first-order chi connectivity index (χ1) is 6.82. The van der Waals surface area contributed by atoms with E-state index in [0.717, 1.165) is 0 Å². The minimum atomic E-state index is -4.39. The Morgan fingerprint density at radius 3 is 2.53 bits per heavy atom. The van der Waals surface area contributed by atoms with Crippen LogP contribution in [0.5, 0.6) is 0 Å². The molecular formula is C9H10ClO4P. The van der Waals surface area contributed by atoms with Crippen molar-refractivity contribution in [1.82, 2.24) is 0 Å². The normalized spacial score (nSPS) is 13.6. The predicted molar refractivity (Wildman–Crippen MR) is 57.3 cm³/mol. The summed E-state index contributed by atoms with van der Waals surface area (Å²) in [7, 11) is -4.39. The van der Waals surface area contributed by atoms with Gasteiger partial charge in [0, 0.05) is 10.6 Å². The Labute approximate surface area is 92.0 Å². The first-order valence-corrected chi connectivity index (χ1v) is 6.23. The Morgan fingerprint density at radius 2 is 2.07 bits per heavy atom. The quantitative estimate of drug-likeness (QED) is 0.634. The molecule has 1 aromatic carbocycles. The Balaban J connectivity index is 3.01. The SMILES string of the molecule is CC(C(=O)c1cccc(Cl)c1)P(=O)(O)O. The monoisotopic (exact) mass is 248 g/mol. The van der Waals surface area contributed by atoms with Crippen LogP contribution in [0, 0.1) is 0 Å². The molecule has 0 saturated heterocycles. The molecule has 15 heavy (non-hydrogen) atoms. The highest BCUT2D eigenvalue weighted by atomic mass is 35.5. The molecule has 0 amide bonds. The molecule has 1 rings (SSSR count). The number of Topliss-reactive ketones (excluding diaryl/α,β-unsaturated/α-hetero) is 1. The van der Waals surface area contributed by atoms with Gasteiger partial charge in [-0.15, -0.1) is 0 Å². The summed E-state index contributed by atoms with van der Waals surface area (Å²) in [6.45, 7) is 1.20. The number of hydrogen-bond acceptors (Lipinski definition) is 2. The van der Waals surface area contributed by atoms with Gasteiger partial charge in [-0.3, -0.25) is 9.36 Å². The van der Waals surface area contributed by atoms with E-state index in [0.29, 0.717) is 5.02 Å². The molecule has 4 nitrogen and oxygen atoms in total. The molecule has 1 unspecified atom stereocenters. The summed E-state index contributed by atoms with van der Waals surface area (Å²) in [5.74, 6) is -0.606. The molecule has 0 aromatic heterocycles. The van der Waals surface area contributed by atoms with Crippen molar-refractivity contribution < 1.29 is 19.1 Å². The summed E-state index contributed by atoms with van der Waals surface area (Å²) in [5, 5.41) is 0.360. The summed E-state index contributed by atoms with van der Waals surface area (Å²) < 4.78 is 10.9. The van der Waals surface area contributed by atoms with Crippen molar-refractivity contribution in [3.8, 4) is 0 Å². The van der Waals surface area contributed by atoms with Crippen molar-refractivity contribution in [3.05, 3.63) is 34.9 Å². The van der Waals surface area contributed by atoms with Gasteiger partial charge in [0.15, 0.2) is 5.78 Å². The first kappa shape index (κ1) is 12.4. The van der Waals surface area contributed by atoms with Crippen LogP contribution in [0.4, 0.5) is 0 Å². The van der Waals surface area contributed by atoms with E-state index >= 15 is 0 Å². The lowest BCUT2D eigenvalue weighted by atomic mass is 10.1. The Kier molecular flexibility index (Phi) is 3.68. The van der Waals surface area contributed by atoms with E-state index in [4.69, 9.17) is 21.4 Å². The van der Waals surface area contributed by atoms with Gasteiger partial charge in [0.1, 0.15) is 5.66 Å². The number of carbonyl (C=O) groups is 1. The van der Waals surface area contributed by atoms with E-state index in [2.05, 4.69) is 0 Å². The van der Waals surface area contributed by atoms with Crippen molar-refractivity contribution in [2.24, 2.45) is 0 Å². The van der Waals surface area contributed by atoms with Gasteiger partial charge >= 0.3 is 7.60 Å². The second-order valence-corrected chi connectivity index (χ2v) is 5.53. The average Bonchev–Trinajstić information content (AvgIpc) is 2.14. The van der Waals surface area contributed by atoms with Gasteiger partial charge in [0.2, 0.25) is 0 Å². The highest BCUT2D eigenvalue weighted by Gasteiger charge is 2.31. The van der Waals surface area contributed by atoms with Crippen LogP contribution in [0.1, 0.15) is 17.3 Å². The van der Waals surface area contributed by atoms with Gasteiger partial charge < -0.3 is 9.79 Å². The topological polar surface area (TPSA) is 74.6 Å². The summed E-state index contributed by atoms with van der Waals surface area (Å²) in [6.07, 6.45) is 0. The summed E-state index contributed by atoms with van der Waals surface area (Å²) in [5.41, 5.74) is -1.13. The van der Waals surface area contributed by atoms with Crippen molar-refractivity contribution in [3.63, 3.8) is 0 Å². The number of carbonyl (C=O) groups excluding carboxylic acids is 1. The molecule has 0 aliphatic carbocycles. The van der Waals surface area contributed by atoms with E-state index < -0.39 is 19.0 Å². The lowest BCUT2D eigenvalue weighted by molar-refractivity contribution is 0.0983. The smallest absolute Gasteiger partial charge is 0.324 e. The number of halogens is 1. The maximum atomic E-state index is 11.6. The molecule has 1 aromatic rings. The molecule has 2 N–H and O–H groups in total. The van der Waals surface area contributed by atoms with Gasteiger partial charge in [-0.2, -0.15) is 0 Å². The predicted octanol–water partition coefficient (Wildman–Crippen LogP) is 2.09. The van der Waals surface area contributed by atoms with Crippen LogP contribution < -0.4 is 0 Å². The largest absolute Gasteiger partial charge is 0.336 e. The number of ketones is 1. The second-order valence-electron chi connectivity index (χ2n) is 3.14. The standard InChI is InChI=1S/C9H10ClO4P/c1-6(15(12,13)14)9(11)7-3-2-4-8(10)5-7/h2-6H,1H3,(H2,12,13,14). The van der Waals surface area contributed by atoms with Crippen LogP contribution in [0.25, 0.3) is 0 Å². The Hall–Kier alpha value is -0.670. The molecule has 0 heterocycles. The minimum absolute atomic E-state index is 0.207. The Bertz CT molecular complexity index is 426.